The largest absolute Gasteiger partial charge is 0.394 e. The number of aliphatic hydroxyl groups excluding tert-OH is 1. The first-order chi connectivity index (χ1) is 13.2. The molecule has 2 aromatic heterocycles. The molecule has 0 radical (unpaired) electrons. The second kappa shape index (κ2) is 8.26. The molecule has 0 saturated carbocycles. The van der Waals surface area contributed by atoms with Crippen molar-refractivity contribution in [2.45, 2.75) is 57.9 Å². The fourth-order valence-corrected chi connectivity index (χ4v) is 5.14. The van der Waals surface area contributed by atoms with Gasteiger partial charge in [-0.05, 0) is 33.8 Å². The topological polar surface area (TPSA) is 135 Å². The molecule has 11 heteroatoms. The maximum absolute atomic E-state index is 13.3. The van der Waals surface area contributed by atoms with Crippen LogP contribution >= 0.6 is 7.60 Å². The molecule has 0 aromatic carbocycles. The Morgan fingerprint density at radius 3 is 2.50 bits per heavy atom. The molecule has 2 aromatic rings. The normalized spacial score (nSPS) is 23.2. The van der Waals surface area contributed by atoms with E-state index in [1.54, 1.807) is 50.7 Å². The Hall–Kier alpha value is -1.84. The van der Waals surface area contributed by atoms with Gasteiger partial charge in [-0.3, -0.25) is 4.57 Å². The van der Waals surface area contributed by atoms with E-state index in [1.165, 1.54) is 6.33 Å². The van der Waals surface area contributed by atoms with E-state index >= 15 is 0 Å². The van der Waals surface area contributed by atoms with Crippen LogP contribution in [0.5, 0.6) is 0 Å². The van der Waals surface area contributed by atoms with Gasteiger partial charge in [-0.2, -0.15) is 0 Å². The van der Waals surface area contributed by atoms with Crippen LogP contribution in [0.2, 0.25) is 0 Å². The van der Waals surface area contributed by atoms with Crippen molar-refractivity contribution in [3.63, 3.8) is 0 Å². The molecule has 1 aliphatic rings. The number of nitrogens with two attached hydrogens (primary N) is 1. The standard InChI is InChI=1S/C17H26N5O5P/c1-10(2)26-28(24,27-11(3)4)14-6-5-12(13(7-23)25-14)22-9-21-15-16(18)19-8-20-17(15)22/h5-6,8-14,23H,7H2,1-4H3,(H2,18,19,20)/t12-,13-,14-/m1/s1. The average Bonchev–Trinajstić information content (AvgIpc) is 3.05. The minimum Gasteiger partial charge on any atom is -0.394 e. The zero-order valence-electron chi connectivity index (χ0n) is 16.3. The number of imidazole rings is 1. The number of hydrogen-bond acceptors (Lipinski definition) is 9. The van der Waals surface area contributed by atoms with E-state index in [2.05, 4.69) is 15.0 Å². The van der Waals surface area contributed by atoms with Crippen molar-refractivity contribution in [2.24, 2.45) is 0 Å². The van der Waals surface area contributed by atoms with Crippen LogP contribution in [0.15, 0.2) is 24.8 Å². The van der Waals surface area contributed by atoms with Gasteiger partial charge in [-0.15, -0.1) is 0 Å². The summed E-state index contributed by atoms with van der Waals surface area (Å²) in [5.74, 6) is -0.664. The lowest BCUT2D eigenvalue weighted by Gasteiger charge is -2.35. The third-order valence-electron chi connectivity index (χ3n) is 4.08. The van der Waals surface area contributed by atoms with Gasteiger partial charge in [0.15, 0.2) is 17.3 Å². The third-order valence-corrected chi connectivity index (χ3v) is 6.43. The maximum Gasteiger partial charge on any atom is 0.363 e. The van der Waals surface area contributed by atoms with Crippen LogP contribution < -0.4 is 5.73 Å². The molecule has 0 unspecified atom stereocenters. The number of rotatable bonds is 7. The molecule has 0 spiro atoms. The Labute approximate surface area is 163 Å². The van der Waals surface area contributed by atoms with E-state index in [-0.39, 0.29) is 24.6 Å². The van der Waals surface area contributed by atoms with E-state index in [1.807, 2.05) is 0 Å². The van der Waals surface area contributed by atoms with Crippen LogP contribution in [-0.2, 0) is 18.3 Å². The lowest BCUT2D eigenvalue weighted by molar-refractivity contribution is -0.0326. The number of nitrogen functional groups attached to an aromatic ring is 1. The quantitative estimate of drug-likeness (QED) is 0.519. The first-order valence-corrected chi connectivity index (χ1v) is 10.7. The number of nitrogens with zero attached hydrogens (tertiary/aromatic N) is 4. The highest BCUT2D eigenvalue weighted by Gasteiger charge is 2.42. The Kier molecular flexibility index (Phi) is 6.16. The van der Waals surface area contributed by atoms with Crippen molar-refractivity contribution in [1.82, 2.24) is 19.5 Å². The van der Waals surface area contributed by atoms with Gasteiger partial charge in [0, 0.05) is 0 Å². The molecule has 154 valence electrons. The molecule has 10 nitrogen and oxygen atoms in total. The minimum atomic E-state index is -3.61. The summed E-state index contributed by atoms with van der Waals surface area (Å²) in [6.07, 6.45) is 5.00. The summed E-state index contributed by atoms with van der Waals surface area (Å²) in [6, 6.07) is -0.424. The zero-order chi connectivity index (χ0) is 20.5. The van der Waals surface area contributed by atoms with Gasteiger partial charge in [0.1, 0.15) is 17.9 Å². The summed E-state index contributed by atoms with van der Waals surface area (Å²) in [7, 11) is -3.61. The predicted octanol–water partition coefficient (Wildman–Crippen LogP) is 2.27. The number of aliphatic hydroxyl groups is 1. The van der Waals surface area contributed by atoms with Gasteiger partial charge in [-0.25, -0.2) is 15.0 Å². The van der Waals surface area contributed by atoms with Gasteiger partial charge in [-0.1, -0.05) is 6.08 Å². The van der Waals surface area contributed by atoms with Crippen molar-refractivity contribution in [3.8, 4) is 0 Å². The van der Waals surface area contributed by atoms with Crippen LogP contribution in [0.4, 0.5) is 5.82 Å². The highest BCUT2D eigenvalue weighted by molar-refractivity contribution is 7.54. The summed E-state index contributed by atoms with van der Waals surface area (Å²) >= 11 is 0. The summed E-state index contributed by atoms with van der Waals surface area (Å²) in [5.41, 5.74) is 6.82. The van der Waals surface area contributed by atoms with Crippen LogP contribution in [0, 0.1) is 0 Å². The average molecular weight is 411 g/mol. The van der Waals surface area contributed by atoms with Crippen LogP contribution in [0.25, 0.3) is 11.2 Å². The molecular weight excluding hydrogens is 385 g/mol. The van der Waals surface area contributed by atoms with E-state index in [0.29, 0.717) is 11.2 Å². The molecule has 3 rings (SSSR count). The second-order valence-corrected chi connectivity index (χ2v) is 9.06. The fraction of sp³-hybridized carbons (Fsp3) is 0.588. The highest BCUT2D eigenvalue weighted by Crippen LogP contribution is 2.57. The summed E-state index contributed by atoms with van der Waals surface area (Å²) < 4.78 is 32.2. The molecular formula is C17H26N5O5P. The Bertz CT molecular complexity index is 885. The number of aromatic nitrogens is 4. The number of fused-ring (bicyclic) bond motifs is 1. The van der Waals surface area contributed by atoms with Crippen LogP contribution in [0.3, 0.4) is 0 Å². The summed E-state index contributed by atoms with van der Waals surface area (Å²) in [4.78, 5) is 12.4. The third kappa shape index (κ3) is 4.11. The Morgan fingerprint density at radius 2 is 1.89 bits per heavy atom. The number of anilines is 1. The molecule has 1 aliphatic heterocycles. The SMILES string of the molecule is CC(C)OP(=O)(OC(C)C)[C@@H]1C=C[C@@H](n2cnc3c(N)ncnc32)[C@@H](CO)O1. The fourth-order valence-electron chi connectivity index (χ4n) is 3.06. The smallest absolute Gasteiger partial charge is 0.363 e. The molecule has 0 saturated heterocycles. The molecule has 3 N–H and O–H groups in total. The van der Waals surface area contributed by atoms with E-state index in [0.717, 1.165) is 0 Å². The van der Waals surface area contributed by atoms with E-state index < -0.39 is 25.6 Å². The van der Waals surface area contributed by atoms with Crippen molar-refractivity contribution in [1.29, 1.82) is 0 Å². The highest BCUT2D eigenvalue weighted by atomic mass is 31.2. The van der Waals surface area contributed by atoms with Crippen LogP contribution in [-0.4, -0.2) is 55.4 Å². The zero-order valence-corrected chi connectivity index (χ0v) is 17.2. The van der Waals surface area contributed by atoms with Gasteiger partial charge >= 0.3 is 7.60 Å². The van der Waals surface area contributed by atoms with Gasteiger partial charge < -0.3 is 29.2 Å². The molecule has 3 heterocycles. The molecule has 0 bridgehead atoms. The van der Waals surface area contributed by atoms with E-state index in [4.69, 9.17) is 19.5 Å². The van der Waals surface area contributed by atoms with Gasteiger partial charge in [0.2, 0.25) is 0 Å². The monoisotopic (exact) mass is 411 g/mol. The van der Waals surface area contributed by atoms with Crippen LogP contribution in [0.1, 0.15) is 33.7 Å². The van der Waals surface area contributed by atoms with E-state index in [9.17, 15) is 9.67 Å². The molecule has 3 atom stereocenters. The number of ether oxygens (including phenoxy) is 1. The molecule has 0 fully saturated rings. The first kappa shape index (κ1) is 20.9. The lowest BCUT2D eigenvalue weighted by Crippen LogP contribution is -2.36. The Morgan fingerprint density at radius 1 is 1.21 bits per heavy atom. The molecule has 28 heavy (non-hydrogen) atoms. The predicted molar refractivity (Wildman–Crippen MR) is 104 cm³/mol. The molecule has 0 amide bonds. The maximum atomic E-state index is 13.3. The molecule has 0 aliphatic carbocycles. The van der Waals surface area contributed by atoms with Gasteiger partial charge in [0.05, 0.1) is 31.2 Å². The lowest BCUT2D eigenvalue weighted by atomic mass is 10.1. The second-order valence-electron chi connectivity index (χ2n) is 7.05. The summed E-state index contributed by atoms with van der Waals surface area (Å²) in [6.45, 7) is 6.79. The Balaban J connectivity index is 1.95. The van der Waals surface area contributed by atoms with Crippen molar-refractivity contribution in [3.05, 3.63) is 24.8 Å². The van der Waals surface area contributed by atoms with Gasteiger partial charge in [0.25, 0.3) is 0 Å². The first-order valence-electron chi connectivity index (χ1n) is 9.09. The summed E-state index contributed by atoms with van der Waals surface area (Å²) in [5, 5.41) is 9.91. The minimum absolute atomic E-state index is 0.267. The number of hydrogen-bond donors (Lipinski definition) is 2. The van der Waals surface area contributed by atoms with Crippen molar-refractivity contribution < 1.29 is 23.5 Å². The van der Waals surface area contributed by atoms with Crippen molar-refractivity contribution in [2.75, 3.05) is 12.3 Å². The van der Waals surface area contributed by atoms with Crippen molar-refractivity contribution >= 4 is 24.6 Å².